The SMILES string of the molecule is O=C(NCc1ccc2c(c1)OCO2)c1cn(C2CC2)cc(C(=O)NC2CCCCC2)c1=O. The molecule has 2 amide bonds. The summed E-state index contributed by atoms with van der Waals surface area (Å²) < 4.78 is 12.5. The molecule has 2 aliphatic carbocycles. The first-order valence-corrected chi connectivity index (χ1v) is 11.3. The van der Waals surface area contributed by atoms with Crippen LogP contribution in [-0.4, -0.2) is 29.2 Å². The highest BCUT2D eigenvalue weighted by Crippen LogP contribution is 2.35. The van der Waals surface area contributed by atoms with Crippen LogP contribution in [0.3, 0.4) is 0 Å². The summed E-state index contributed by atoms with van der Waals surface area (Å²) in [7, 11) is 0. The molecule has 3 aliphatic rings. The lowest BCUT2D eigenvalue weighted by molar-refractivity contribution is 0.0925. The van der Waals surface area contributed by atoms with Crippen molar-refractivity contribution >= 4 is 11.8 Å². The van der Waals surface area contributed by atoms with E-state index >= 15 is 0 Å². The van der Waals surface area contributed by atoms with Gasteiger partial charge in [-0.15, -0.1) is 0 Å². The molecule has 0 spiro atoms. The molecular formula is C24H27N3O5. The molecule has 2 saturated carbocycles. The highest BCUT2D eigenvalue weighted by Gasteiger charge is 2.28. The van der Waals surface area contributed by atoms with Crippen molar-refractivity contribution in [2.45, 2.75) is 63.6 Å². The summed E-state index contributed by atoms with van der Waals surface area (Å²) in [6.07, 6.45) is 10.3. The standard InChI is InChI=1S/C24H27N3O5/c28-22-18(23(29)25-11-15-6-9-20-21(10-15)32-14-31-20)12-27(17-7-8-17)13-19(22)24(30)26-16-4-2-1-3-5-16/h6,9-10,12-13,16-17H,1-5,7-8,11,14H2,(H,25,29)(H,26,30). The van der Waals surface area contributed by atoms with Crippen molar-refractivity contribution in [3.8, 4) is 11.5 Å². The number of fused-ring (bicyclic) bond motifs is 1. The van der Waals surface area contributed by atoms with E-state index in [2.05, 4.69) is 10.6 Å². The Labute approximate surface area is 185 Å². The van der Waals surface area contributed by atoms with Gasteiger partial charge in [0.2, 0.25) is 12.2 Å². The second kappa shape index (κ2) is 8.68. The Morgan fingerprint density at radius 3 is 2.41 bits per heavy atom. The number of carbonyl (C=O) groups excluding carboxylic acids is 2. The first-order chi connectivity index (χ1) is 15.6. The number of amides is 2. The monoisotopic (exact) mass is 437 g/mol. The molecule has 0 radical (unpaired) electrons. The second-order valence-electron chi connectivity index (χ2n) is 8.77. The lowest BCUT2D eigenvalue weighted by atomic mass is 9.95. The molecule has 5 rings (SSSR count). The normalized spacial score (nSPS) is 17.8. The molecular weight excluding hydrogens is 410 g/mol. The molecule has 32 heavy (non-hydrogen) atoms. The zero-order chi connectivity index (χ0) is 22.1. The third-order valence-electron chi connectivity index (χ3n) is 6.33. The van der Waals surface area contributed by atoms with Gasteiger partial charge >= 0.3 is 0 Å². The molecule has 8 nitrogen and oxygen atoms in total. The Morgan fingerprint density at radius 1 is 0.938 bits per heavy atom. The van der Waals surface area contributed by atoms with Crippen LogP contribution in [0.1, 0.15) is 77.3 Å². The summed E-state index contributed by atoms with van der Waals surface area (Å²) in [5, 5.41) is 5.80. The van der Waals surface area contributed by atoms with E-state index in [9.17, 15) is 14.4 Å². The van der Waals surface area contributed by atoms with Crippen LogP contribution in [0, 0.1) is 0 Å². The Bertz CT molecular complexity index is 1100. The number of rotatable bonds is 6. The van der Waals surface area contributed by atoms with Gasteiger partial charge in [0.05, 0.1) is 0 Å². The topological polar surface area (TPSA) is 98.7 Å². The van der Waals surface area contributed by atoms with Gasteiger partial charge in [-0.05, 0) is 43.4 Å². The van der Waals surface area contributed by atoms with Crippen molar-refractivity contribution in [3.05, 3.63) is 57.5 Å². The average Bonchev–Trinajstić information content (AvgIpc) is 3.55. The summed E-state index contributed by atoms with van der Waals surface area (Å²) in [5.74, 6) is 0.425. The molecule has 2 heterocycles. The summed E-state index contributed by atoms with van der Waals surface area (Å²) in [6.45, 7) is 0.415. The van der Waals surface area contributed by atoms with E-state index in [1.54, 1.807) is 24.5 Å². The van der Waals surface area contributed by atoms with E-state index in [0.717, 1.165) is 44.1 Å². The van der Waals surface area contributed by atoms with Crippen molar-refractivity contribution in [3.63, 3.8) is 0 Å². The molecule has 2 fully saturated rings. The minimum atomic E-state index is -0.529. The molecule has 0 saturated heterocycles. The van der Waals surface area contributed by atoms with Crippen LogP contribution in [0.4, 0.5) is 0 Å². The number of benzene rings is 1. The van der Waals surface area contributed by atoms with Gasteiger partial charge in [-0.2, -0.15) is 0 Å². The van der Waals surface area contributed by atoms with Gasteiger partial charge in [0.25, 0.3) is 11.8 Å². The predicted octanol–water partition coefficient (Wildman–Crippen LogP) is 2.90. The molecule has 0 bridgehead atoms. The van der Waals surface area contributed by atoms with E-state index < -0.39 is 11.3 Å². The van der Waals surface area contributed by atoms with Crippen LogP contribution >= 0.6 is 0 Å². The van der Waals surface area contributed by atoms with E-state index in [1.807, 2.05) is 10.6 Å². The van der Waals surface area contributed by atoms with Crippen molar-refractivity contribution in [2.75, 3.05) is 6.79 Å². The molecule has 168 valence electrons. The maximum atomic E-state index is 13.1. The van der Waals surface area contributed by atoms with Gasteiger partial charge in [-0.3, -0.25) is 14.4 Å². The fraction of sp³-hybridized carbons (Fsp3) is 0.458. The molecule has 0 atom stereocenters. The fourth-order valence-electron chi connectivity index (χ4n) is 4.34. The predicted molar refractivity (Wildman–Crippen MR) is 117 cm³/mol. The Kier molecular flexibility index (Phi) is 5.59. The number of pyridine rings is 1. The quantitative estimate of drug-likeness (QED) is 0.724. The Hall–Kier alpha value is -3.29. The van der Waals surface area contributed by atoms with Gasteiger partial charge in [-0.1, -0.05) is 25.3 Å². The Morgan fingerprint density at radius 2 is 1.66 bits per heavy atom. The molecule has 2 N–H and O–H groups in total. The molecule has 1 aliphatic heterocycles. The van der Waals surface area contributed by atoms with Crippen molar-refractivity contribution in [1.82, 2.24) is 15.2 Å². The first kappa shape index (κ1) is 20.6. The summed E-state index contributed by atoms with van der Waals surface area (Å²) in [4.78, 5) is 38.9. The number of carbonyl (C=O) groups is 2. The van der Waals surface area contributed by atoms with Crippen LogP contribution in [0.25, 0.3) is 0 Å². The molecule has 8 heteroatoms. The molecule has 1 aromatic carbocycles. The highest BCUT2D eigenvalue weighted by molar-refractivity contribution is 5.99. The molecule has 0 unspecified atom stereocenters. The van der Waals surface area contributed by atoms with Gasteiger partial charge in [0, 0.05) is 31.0 Å². The van der Waals surface area contributed by atoms with Crippen molar-refractivity contribution in [2.24, 2.45) is 0 Å². The number of nitrogens with zero attached hydrogens (tertiary/aromatic N) is 1. The van der Waals surface area contributed by atoms with E-state index in [-0.39, 0.29) is 42.5 Å². The minimum absolute atomic E-state index is 0.00561. The van der Waals surface area contributed by atoms with E-state index in [4.69, 9.17) is 9.47 Å². The van der Waals surface area contributed by atoms with Crippen molar-refractivity contribution < 1.29 is 19.1 Å². The number of hydrogen-bond acceptors (Lipinski definition) is 5. The number of nitrogens with one attached hydrogen (secondary N) is 2. The smallest absolute Gasteiger partial charge is 0.257 e. The zero-order valence-electron chi connectivity index (χ0n) is 17.9. The highest BCUT2D eigenvalue weighted by atomic mass is 16.7. The van der Waals surface area contributed by atoms with Gasteiger partial charge in [0.1, 0.15) is 11.1 Å². The van der Waals surface area contributed by atoms with Crippen LogP contribution in [-0.2, 0) is 6.54 Å². The summed E-state index contributed by atoms with van der Waals surface area (Å²) in [5.41, 5.74) is 0.335. The van der Waals surface area contributed by atoms with Gasteiger partial charge in [-0.25, -0.2) is 0 Å². The van der Waals surface area contributed by atoms with Crippen molar-refractivity contribution in [1.29, 1.82) is 0 Å². The third-order valence-corrected chi connectivity index (χ3v) is 6.33. The largest absolute Gasteiger partial charge is 0.454 e. The van der Waals surface area contributed by atoms with Crippen LogP contribution in [0.15, 0.2) is 35.4 Å². The summed E-state index contributed by atoms with van der Waals surface area (Å²) >= 11 is 0. The molecule has 1 aromatic heterocycles. The van der Waals surface area contributed by atoms with Gasteiger partial charge < -0.3 is 24.7 Å². The first-order valence-electron chi connectivity index (χ1n) is 11.3. The average molecular weight is 437 g/mol. The lowest BCUT2D eigenvalue weighted by Gasteiger charge is -2.23. The fourth-order valence-corrected chi connectivity index (χ4v) is 4.34. The van der Waals surface area contributed by atoms with Crippen LogP contribution in [0.2, 0.25) is 0 Å². The number of hydrogen-bond donors (Lipinski definition) is 2. The van der Waals surface area contributed by atoms with Crippen LogP contribution in [0.5, 0.6) is 11.5 Å². The maximum absolute atomic E-state index is 13.1. The lowest BCUT2D eigenvalue weighted by Crippen LogP contribution is -2.40. The van der Waals surface area contributed by atoms with Crippen LogP contribution < -0.4 is 25.5 Å². The van der Waals surface area contributed by atoms with E-state index in [1.165, 1.54) is 6.42 Å². The van der Waals surface area contributed by atoms with Gasteiger partial charge in [0.15, 0.2) is 11.5 Å². The molecule has 2 aromatic rings. The zero-order valence-corrected chi connectivity index (χ0v) is 17.9. The number of aromatic nitrogens is 1. The third kappa shape index (κ3) is 4.35. The number of ether oxygens (including phenoxy) is 2. The maximum Gasteiger partial charge on any atom is 0.257 e. The minimum Gasteiger partial charge on any atom is -0.454 e. The summed E-state index contributed by atoms with van der Waals surface area (Å²) in [6, 6.07) is 5.76. The van der Waals surface area contributed by atoms with E-state index in [0.29, 0.717) is 11.5 Å². The second-order valence-corrected chi connectivity index (χ2v) is 8.77. The Balaban J connectivity index is 1.34.